The van der Waals surface area contributed by atoms with E-state index in [-0.39, 0.29) is 5.91 Å². The molecule has 3 rings (SSSR count). The quantitative estimate of drug-likeness (QED) is 0.796. The number of aromatic nitrogens is 1. The molecule has 1 N–H and O–H groups in total. The number of thiazole rings is 1. The molecule has 2 aromatic rings. The molecule has 0 spiro atoms. The van der Waals surface area contributed by atoms with Gasteiger partial charge in [-0.1, -0.05) is 25.4 Å². The van der Waals surface area contributed by atoms with Gasteiger partial charge in [-0.3, -0.25) is 10.1 Å². The Morgan fingerprint density at radius 3 is 2.88 bits per heavy atom. The van der Waals surface area contributed by atoms with Crippen molar-refractivity contribution in [2.45, 2.75) is 33.1 Å². The van der Waals surface area contributed by atoms with Crippen molar-refractivity contribution in [3.63, 3.8) is 0 Å². The van der Waals surface area contributed by atoms with E-state index in [4.69, 9.17) is 21.1 Å². The number of rotatable bonds is 6. The second-order valence-corrected chi connectivity index (χ2v) is 7.88. The average Bonchev–Trinajstić information content (AvgIpc) is 3.14. The fraction of sp³-hybridized carbons (Fsp3) is 0.444. The predicted molar refractivity (Wildman–Crippen MR) is 100 cm³/mol. The van der Waals surface area contributed by atoms with E-state index < -0.39 is 0 Å². The number of halogens is 1. The Kier molecular flexibility index (Phi) is 5.49. The first-order chi connectivity index (χ1) is 12.0. The van der Waals surface area contributed by atoms with Gasteiger partial charge in [0, 0.05) is 10.4 Å². The van der Waals surface area contributed by atoms with Crippen molar-refractivity contribution >= 4 is 34.0 Å². The molecule has 0 radical (unpaired) electrons. The van der Waals surface area contributed by atoms with E-state index in [9.17, 15) is 4.79 Å². The van der Waals surface area contributed by atoms with Gasteiger partial charge >= 0.3 is 0 Å². The van der Waals surface area contributed by atoms with Crippen LogP contribution in [0.1, 0.15) is 41.2 Å². The minimum Gasteiger partial charge on any atom is -0.493 e. The van der Waals surface area contributed by atoms with Crippen molar-refractivity contribution in [2.75, 3.05) is 19.0 Å². The molecule has 134 valence electrons. The number of nitrogens with one attached hydrogen (secondary N) is 1. The van der Waals surface area contributed by atoms with E-state index in [2.05, 4.69) is 10.3 Å². The number of ether oxygens (including phenoxy) is 2. The summed E-state index contributed by atoms with van der Waals surface area (Å²) in [5, 5.41) is 3.83. The first kappa shape index (κ1) is 18.0. The van der Waals surface area contributed by atoms with Crippen LogP contribution in [0.3, 0.4) is 0 Å². The molecule has 25 heavy (non-hydrogen) atoms. The van der Waals surface area contributed by atoms with Crippen LogP contribution in [0.25, 0.3) is 0 Å². The van der Waals surface area contributed by atoms with Crippen molar-refractivity contribution in [3.05, 3.63) is 33.3 Å². The van der Waals surface area contributed by atoms with Crippen LogP contribution in [-0.4, -0.2) is 24.6 Å². The van der Waals surface area contributed by atoms with Crippen LogP contribution >= 0.6 is 22.9 Å². The highest BCUT2D eigenvalue weighted by atomic mass is 35.5. The molecule has 5 nitrogen and oxygen atoms in total. The second-order valence-electron chi connectivity index (χ2n) is 6.39. The third-order valence-corrected chi connectivity index (χ3v) is 5.22. The lowest BCUT2D eigenvalue weighted by Crippen LogP contribution is -2.13. The molecule has 1 aliphatic carbocycles. The molecule has 0 saturated carbocycles. The number of benzene rings is 1. The number of aryl methyl sites for hydroxylation is 2. The monoisotopic (exact) mass is 380 g/mol. The maximum atomic E-state index is 12.5. The molecular weight excluding hydrogens is 360 g/mol. The van der Waals surface area contributed by atoms with E-state index in [1.807, 2.05) is 13.8 Å². The summed E-state index contributed by atoms with van der Waals surface area (Å²) in [6.45, 7) is 4.62. The van der Waals surface area contributed by atoms with Crippen LogP contribution in [0.5, 0.6) is 11.5 Å². The Hall–Kier alpha value is -1.79. The lowest BCUT2D eigenvalue weighted by molar-refractivity contribution is 0.102. The number of fused-ring (bicyclic) bond motifs is 1. The molecule has 7 heteroatoms. The van der Waals surface area contributed by atoms with E-state index in [0.717, 1.165) is 25.0 Å². The lowest BCUT2D eigenvalue weighted by atomic mass is 10.2. The average molecular weight is 381 g/mol. The number of hydrogen-bond donors (Lipinski definition) is 1. The Balaban J connectivity index is 1.78. The second kappa shape index (κ2) is 7.62. The van der Waals surface area contributed by atoms with Crippen molar-refractivity contribution in [1.82, 2.24) is 4.98 Å². The van der Waals surface area contributed by atoms with Gasteiger partial charge in [0.2, 0.25) is 0 Å². The molecule has 1 heterocycles. The summed E-state index contributed by atoms with van der Waals surface area (Å²) in [7, 11) is 1.53. The van der Waals surface area contributed by atoms with Gasteiger partial charge in [0.05, 0.1) is 24.4 Å². The Morgan fingerprint density at radius 2 is 2.20 bits per heavy atom. The highest BCUT2D eigenvalue weighted by Gasteiger charge is 2.20. The zero-order valence-electron chi connectivity index (χ0n) is 14.5. The largest absolute Gasteiger partial charge is 0.493 e. The predicted octanol–water partition coefficient (Wildman–Crippen LogP) is 4.58. The molecule has 0 saturated heterocycles. The molecular formula is C18H21ClN2O3S. The highest BCUT2D eigenvalue weighted by Crippen LogP contribution is 2.37. The first-order valence-electron chi connectivity index (χ1n) is 8.28. The van der Waals surface area contributed by atoms with E-state index in [1.54, 1.807) is 23.5 Å². The van der Waals surface area contributed by atoms with Crippen LogP contribution < -0.4 is 14.8 Å². The third-order valence-electron chi connectivity index (χ3n) is 3.87. The molecule has 0 aliphatic heterocycles. The number of carbonyl (C=O) groups is 1. The molecule has 1 aromatic carbocycles. The summed E-state index contributed by atoms with van der Waals surface area (Å²) in [6, 6.07) is 3.23. The zero-order chi connectivity index (χ0) is 18.0. The summed E-state index contributed by atoms with van der Waals surface area (Å²) < 4.78 is 11.1. The van der Waals surface area contributed by atoms with Gasteiger partial charge in [-0.25, -0.2) is 4.98 Å². The minimum absolute atomic E-state index is 0.261. The lowest BCUT2D eigenvalue weighted by Gasteiger charge is -2.15. The summed E-state index contributed by atoms with van der Waals surface area (Å²) in [6.07, 6.45) is 3.18. The summed E-state index contributed by atoms with van der Waals surface area (Å²) in [4.78, 5) is 18.3. The fourth-order valence-corrected chi connectivity index (χ4v) is 3.96. The van der Waals surface area contributed by atoms with Gasteiger partial charge in [0.15, 0.2) is 16.6 Å². The summed E-state index contributed by atoms with van der Waals surface area (Å²) in [5.74, 6) is 1.00. The maximum absolute atomic E-state index is 12.5. The Bertz CT molecular complexity index is 767. The maximum Gasteiger partial charge on any atom is 0.257 e. The van der Waals surface area contributed by atoms with Gasteiger partial charge in [-0.2, -0.15) is 0 Å². The van der Waals surface area contributed by atoms with Crippen LogP contribution in [0.15, 0.2) is 12.1 Å². The number of carbonyl (C=O) groups excluding carboxylic acids is 1. The number of nitrogens with zero attached hydrogens (tertiary/aromatic N) is 1. The van der Waals surface area contributed by atoms with Crippen LogP contribution in [0.4, 0.5) is 5.13 Å². The van der Waals surface area contributed by atoms with Crippen molar-refractivity contribution in [1.29, 1.82) is 0 Å². The SMILES string of the molecule is COc1cc(C(=O)Nc2nc3c(s2)CCC3)cc(Cl)c1OCC(C)C. The third kappa shape index (κ3) is 4.07. The number of amides is 1. The van der Waals surface area contributed by atoms with Crippen LogP contribution in [-0.2, 0) is 12.8 Å². The van der Waals surface area contributed by atoms with Crippen LogP contribution in [0, 0.1) is 5.92 Å². The van der Waals surface area contributed by atoms with E-state index in [0.29, 0.717) is 39.7 Å². The van der Waals surface area contributed by atoms with Crippen molar-refractivity contribution in [3.8, 4) is 11.5 Å². The standard InChI is InChI=1S/C18H21ClN2O3S/c1-10(2)9-24-16-12(19)7-11(8-14(16)23-3)17(22)21-18-20-13-5-4-6-15(13)25-18/h7-8,10H,4-6,9H2,1-3H3,(H,20,21,22). The molecule has 0 fully saturated rings. The van der Waals surface area contributed by atoms with Gasteiger partial charge in [-0.05, 0) is 37.3 Å². The molecule has 0 atom stereocenters. The molecule has 0 unspecified atom stereocenters. The van der Waals surface area contributed by atoms with Crippen molar-refractivity contribution in [2.24, 2.45) is 5.92 Å². The van der Waals surface area contributed by atoms with Crippen molar-refractivity contribution < 1.29 is 14.3 Å². The van der Waals surface area contributed by atoms with Gasteiger partial charge < -0.3 is 9.47 Å². The van der Waals surface area contributed by atoms with Gasteiger partial charge in [0.25, 0.3) is 5.91 Å². The smallest absolute Gasteiger partial charge is 0.257 e. The van der Waals surface area contributed by atoms with Gasteiger partial charge in [0.1, 0.15) is 0 Å². The Morgan fingerprint density at radius 1 is 1.40 bits per heavy atom. The first-order valence-corrected chi connectivity index (χ1v) is 9.47. The fourth-order valence-electron chi connectivity index (χ4n) is 2.65. The zero-order valence-corrected chi connectivity index (χ0v) is 16.1. The minimum atomic E-state index is -0.261. The van der Waals surface area contributed by atoms with E-state index in [1.165, 1.54) is 12.0 Å². The topological polar surface area (TPSA) is 60.5 Å². The normalized spacial score (nSPS) is 13.0. The number of hydrogen-bond acceptors (Lipinski definition) is 5. The van der Waals surface area contributed by atoms with E-state index >= 15 is 0 Å². The summed E-state index contributed by atoms with van der Waals surface area (Å²) in [5.41, 5.74) is 1.52. The van der Waals surface area contributed by atoms with Gasteiger partial charge in [-0.15, -0.1) is 11.3 Å². The molecule has 1 aliphatic rings. The molecule has 1 aromatic heterocycles. The van der Waals surface area contributed by atoms with Crippen LogP contribution in [0.2, 0.25) is 5.02 Å². The molecule has 0 bridgehead atoms. The number of anilines is 1. The Labute approximate surface area is 156 Å². The molecule has 1 amide bonds. The highest BCUT2D eigenvalue weighted by molar-refractivity contribution is 7.16. The summed E-state index contributed by atoms with van der Waals surface area (Å²) >= 11 is 7.85. The number of methoxy groups -OCH3 is 1.